The lowest BCUT2D eigenvalue weighted by atomic mass is 10.1. The van der Waals surface area contributed by atoms with Crippen molar-refractivity contribution in [2.24, 2.45) is 0 Å². The summed E-state index contributed by atoms with van der Waals surface area (Å²) in [6, 6.07) is 11.6. The van der Waals surface area contributed by atoms with Crippen molar-refractivity contribution in [1.29, 1.82) is 0 Å². The molecule has 3 rings (SSSR count). The van der Waals surface area contributed by atoms with Crippen LogP contribution in [0.4, 0.5) is 17.1 Å². The van der Waals surface area contributed by atoms with E-state index in [1.165, 1.54) is 18.2 Å². The van der Waals surface area contributed by atoms with Gasteiger partial charge in [-0.25, -0.2) is 0 Å². The number of amides is 2. The molecule has 1 fully saturated rings. The zero-order chi connectivity index (χ0) is 20.1. The SMILES string of the molecule is O=C(CCNc1ccc(C(=O)NC2CC2)cc1[N+](=O)[O-])Nc1ccc(Br)cc1. The first-order chi connectivity index (χ1) is 13.4. The Balaban J connectivity index is 1.56. The van der Waals surface area contributed by atoms with Gasteiger partial charge in [0.2, 0.25) is 5.91 Å². The van der Waals surface area contributed by atoms with Gasteiger partial charge in [0.25, 0.3) is 11.6 Å². The number of nitro groups is 1. The Kier molecular flexibility index (Phi) is 6.25. The van der Waals surface area contributed by atoms with Crippen LogP contribution in [0.3, 0.4) is 0 Å². The van der Waals surface area contributed by atoms with E-state index in [1.54, 1.807) is 12.1 Å². The molecule has 0 bridgehead atoms. The van der Waals surface area contributed by atoms with Crippen molar-refractivity contribution in [2.75, 3.05) is 17.2 Å². The lowest BCUT2D eigenvalue weighted by molar-refractivity contribution is -0.384. The summed E-state index contributed by atoms with van der Waals surface area (Å²) in [5.74, 6) is -0.524. The summed E-state index contributed by atoms with van der Waals surface area (Å²) < 4.78 is 0.911. The van der Waals surface area contributed by atoms with E-state index in [0.29, 0.717) is 5.69 Å². The maximum absolute atomic E-state index is 12.1. The van der Waals surface area contributed by atoms with Crippen LogP contribution in [0.5, 0.6) is 0 Å². The minimum atomic E-state index is -0.544. The summed E-state index contributed by atoms with van der Waals surface area (Å²) >= 11 is 3.32. The van der Waals surface area contributed by atoms with E-state index in [1.807, 2.05) is 12.1 Å². The van der Waals surface area contributed by atoms with Crippen molar-refractivity contribution in [2.45, 2.75) is 25.3 Å². The van der Waals surface area contributed by atoms with Gasteiger partial charge in [-0.15, -0.1) is 0 Å². The lowest BCUT2D eigenvalue weighted by Crippen LogP contribution is -2.25. The fraction of sp³-hybridized carbons (Fsp3) is 0.263. The van der Waals surface area contributed by atoms with Crippen molar-refractivity contribution in [3.63, 3.8) is 0 Å². The van der Waals surface area contributed by atoms with Crippen molar-refractivity contribution in [1.82, 2.24) is 5.32 Å². The fourth-order valence-electron chi connectivity index (χ4n) is 2.54. The summed E-state index contributed by atoms with van der Waals surface area (Å²) in [6.07, 6.45) is 2.02. The van der Waals surface area contributed by atoms with Crippen LogP contribution in [0, 0.1) is 10.1 Å². The molecule has 0 heterocycles. The smallest absolute Gasteiger partial charge is 0.293 e. The normalized spacial score (nSPS) is 12.9. The second-order valence-corrected chi connectivity index (χ2v) is 7.38. The number of carbonyl (C=O) groups is 2. The maximum Gasteiger partial charge on any atom is 0.293 e. The standard InChI is InChI=1S/C19H19BrN4O4/c20-13-2-4-14(5-3-13)22-18(25)9-10-21-16-8-1-12(11-17(16)24(27)28)19(26)23-15-6-7-15/h1-5,8,11,15,21H,6-7,9-10H2,(H,22,25)(H,23,26). The molecule has 1 aliphatic carbocycles. The summed E-state index contributed by atoms with van der Waals surface area (Å²) in [7, 11) is 0. The van der Waals surface area contributed by atoms with Crippen LogP contribution in [-0.4, -0.2) is 29.3 Å². The highest BCUT2D eigenvalue weighted by Crippen LogP contribution is 2.26. The first-order valence-electron chi connectivity index (χ1n) is 8.81. The first kappa shape index (κ1) is 19.8. The Morgan fingerprint density at radius 1 is 1.14 bits per heavy atom. The Morgan fingerprint density at radius 2 is 1.86 bits per heavy atom. The average Bonchev–Trinajstić information content (AvgIpc) is 3.47. The van der Waals surface area contributed by atoms with Crippen LogP contribution >= 0.6 is 15.9 Å². The van der Waals surface area contributed by atoms with Gasteiger partial charge in [-0.1, -0.05) is 15.9 Å². The van der Waals surface area contributed by atoms with Gasteiger partial charge in [0.1, 0.15) is 5.69 Å². The van der Waals surface area contributed by atoms with Crippen LogP contribution in [0.15, 0.2) is 46.9 Å². The molecule has 28 heavy (non-hydrogen) atoms. The minimum absolute atomic E-state index is 0.136. The maximum atomic E-state index is 12.1. The Hall–Kier alpha value is -2.94. The van der Waals surface area contributed by atoms with Gasteiger partial charge in [-0.3, -0.25) is 19.7 Å². The lowest BCUT2D eigenvalue weighted by Gasteiger charge is -2.09. The first-order valence-corrected chi connectivity index (χ1v) is 9.60. The predicted molar refractivity (Wildman–Crippen MR) is 109 cm³/mol. The molecule has 0 aromatic heterocycles. The van der Waals surface area contributed by atoms with E-state index in [9.17, 15) is 19.7 Å². The van der Waals surface area contributed by atoms with Crippen molar-refractivity contribution in [3.8, 4) is 0 Å². The Bertz CT molecular complexity index is 897. The number of benzene rings is 2. The molecule has 0 atom stereocenters. The molecule has 8 nitrogen and oxygen atoms in total. The van der Waals surface area contributed by atoms with E-state index in [4.69, 9.17) is 0 Å². The van der Waals surface area contributed by atoms with Crippen molar-refractivity contribution in [3.05, 3.63) is 62.6 Å². The minimum Gasteiger partial charge on any atom is -0.379 e. The van der Waals surface area contributed by atoms with Crippen LogP contribution in [0.2, 0.25) is 0 Å². The summed E-state index contributed by atoms with van der Waals surface area (Å²) in [4.78, 5) is 34.9. The highest BCUT2D eigenvalue weighted by Gasteiger charge is 2.25. The fourth-order valence-corrected chi connectivity index (χ4v) is 2.80. The number of halogens is 1. The van der Waals surface area contributed by atoms with Crippen LogP contribution in [0.1, 0.15) is 29.6 Å². The highest BCUT2D eigenvalue weighted by molar-refractivity contribution is 9.10. The molecule has 0 spiro atoms. The van der Waals surface area contributed by atoms with Crippen molar-refractivity contribution < 1.29 is 14.5 Å². The molecule has 146 valence electrons. The van der Waals surface area contributed by atoms with E-state index >= 15 is 0 Å². The van der Waals surface area contributed by atoms with Crippen molar-refractivity contribution >= 4 is 44.8 Å². The van der Waals surface area contributed by atoms with Gasteiger partial charge in [-0.2, -0.15) is 0 Å². The van der Waals surface area contributed by atoms with Crippen LogP contribution in [0.25, 0.3) is 0 Å². The molecule has 0 unspecified atom stereocenters. The number of carbonyl (C=O) groups excluding carboxylic acids is 2. The highest BCUT2D eigenvalue weighted by atomic mass is 79.9. The van der Waals surface area contributed by atoms with E-state index in [-0.39, 0.29) is 47.8 Å². The molecule has 0 aliphatic heterocycles. The molecule has 0 saturated heterocycles. The van der Waals surface area contributed by atoms with Gasteiger partial charge in [0, 0.05) is 40.8 Å². The second kappa shape index (κ2) is 8.83. The Labute approximate surface area is 170 Å². The summed E-state index contributed by atoms with van der Waals surface area (Å²) in [6.45, 7) is 0.219. The molecule has 0 radical (unpaired) electrons. The third-order valence-corrected chi connectivity index (χ3v) is 4.69. The number of nitro benzene ring substituents is 1. The van der Waals surface area contributed by atoms with E-state index in [0.717, 1.165) is 17.3 Å². The zero-order valence-corrected chi connectivity index (χ0v) is 16.5. The van der Waals surface area contributed by atoms with Gasteiger partial charge in [0.15, 0.2) is 0 Å². The largest absolute Gasteiger partial charge is 0.379 e. The molecule has 1 saturated carbocycles. The molecular weight excluding hydrogens is 428 g/mol. The number of anilines is 2. The Morgan fingerprint density at radius 3 is 2.50 bits per heavy atom. The van der Waals surface area contributed by atoms with Gasteiger partial charge in [0.05, 0.1) is 4.92 Å². The van der Waals surface area contributed by atoms with Crippen LogP contribution < -0.4 is 16.0 Å². The third kappa shape index (κ3) is 5.53. The number of hydrogen-bond acceptors (Lipinski definition) is 5. The molecule has 2 amide bonds. The number of rotatable bonds is 8. The number of nitrogens with one attached hydrogen (secondary N) is 3. The zero-order valence-electron chi connectivity index (χ0n) is 14.9. The predicted octanol–water partition coefficient (Wildman–Crippen LogP) is 3.69. The summed E-state index contributed by atoms with van der Waals surface area (Å²) in [5.41, 5.74) is 0.989. The molecule has 1 aliphatic rings. The number of nitrogens with zero attached hydrogens (tertiary/aromatic N) is 1. The molecule has 2 aromatic carbocycles. The van der Waals surface area contributed by atoms with E-state index < -0.39 is 4.92 Å². The summed E-state index contributed by atoms with van der Waals surface area (Å²) in [5, 5.41) is 19.8. The monoisotopic (exact) mass is 446 g/mol. The topological polar surface area (TPSA) is 113 Å². The van der Waals surface area contributed by atoms with E-state index in [2.05, 4.69) is 31.9 Å². The average molecular weight is 447 g/mol. The molecule has 2 aromatic rings. The molecule has 9 heteroatoms. The molecular formula is C19H19BrN4O4. The molecule has 3 N–H and O–H groups in total. The van der Waals surface area contributed by atoms with Gasteiger partial charge in [-0.05, 0) is 49.2 Å². The van der Waals surface area contributed by atoms with Gasteiger partial charge < -0.3 is 16.0 Å². The van der Waals surface area contributed by atoms with Gasteiger partial charge >= 0.3 is 0 Å². The third-order valence-electron chi connectivity index (χ3n) is 4.16. The van der Waals surface area contributed by atoms with Crippen LogP contribution in [-0.2, 0) is 4.79 Å². The second-order valence-electron chi connectivity index (χ2n) is 6.47. The quantitative estimate of drug-likeness (QED) is 0.422. The number of hydrogen-bond donors (Lipinski definition) is 3.